The number of hydrogen-bond donors (Lipinski definition) is 2. The van der Waals surface area contributed by atoms with Crippen molar-refractivity contribution in [3.8, 4) is 5.75 Å². The number of amides is 1. The summed E-state index contributed by atoms with van der Waals surface area (Å²) in [5.74, 6) is -0.0253. The molecule has 0 radical (unpaired) electrons. The van der Waals surface area contributed by atoms with Crippen LogP contribution in [0.15, 0.2) is 77.7 Å². The molecule has 0 fully saturated rings. The number of sulfonamides is 1. The number of methoxy groups -OCH3 is 1. The molecule has 2 N–H and O–H groups in total. The summed E-state index contributed by atoms with van der Waals surface area (Å²) in [4.78, 5) is 12.8. The molecular formula is C22H21ClN2O4S. The van der Waals surface area contributed by atoms with E-state index in [0.717, 1.165) is 5.56 Å². The van der Waals surface area contributed by atoms with Crippen LogP contribution in [0.3, 0.4) is 0 Å². The molecule has 156 valence electrons. The molecule has 0 heterocycles. The quantitative estimate of drug-likeness (QED) is 0.556. The zero-order chi connectivity index (χ0) is 21.7. The Morgan fingerprint density at radius 1 is 1.00 bits per heavy atom. The summed E-state index contributed by atoms with van der Waals surface area (Å²) in [6.45, 7) is 1.86. The molecular weight excluding hydrogens is 424 g/mol. The lowest BCUT2D eigenvalue weighted by Crippen LogP contribution is -2.28. The monoisotopic (exact) mass is 444 g/mol. The van der Waals surface area contributed by atoms with Crippen molar-refractivity contribution < 1.29 is 17.9 Å². The van der Waals surface area contributed by atoms with E-state index >= 15 is 0 Å². The summed E-state index contributed by atoms with van der Waals surface area (Å²) in [6.07, 6.45) is 0. The number of carbonyl (C=O) groups excluding carboxylic acids is 1. The van der Waals surface area contributed by atoms with Gasteiger partial charge in [0.1, 0.15) is 5.75 Å². The highest BCUT2D eigenvalue weighted by molar-refractivity contribution is 7.92. The van der Waals surface area contributed by atoms with Crippen molar-refractivity contribution in [3.63, 3.8) is 0 Å². The molecule has 0 bridgehead atoms. The van der Waals surface area contributed by atoms with Gasteiger partial charge in [-0.25, -0.2) is 8.42 Å². The van der Waals surface area contributed by atoms with Crippen LogP contribution in [0, 0.1) is 0 Å². The van der Waals surface area contributed by atoms with Crippen LogP contribution in [-0.4, -0.2) is 21.4 Å². The third-order valence-corrected chi connectivity index (χ3v) is 6.16. The summed E-state index contributed by atoms with van der Waals surface area (Å²) in [5.41, 5.74) is 1.32. The molecule has 1 amide bonds. The Bertz CT molecular complexity index is 1150. The first-order chi connectivity index (χ1) is 14.3. The third kappa shape index (κ3) is 4.93. The lowest BCUT2D eigenvalue weighted by atomic mass is 10.1. The molecule has 0 aliphatic carbocycles. The van der Waals surface area contributed by atoms with Crippen molar-refractivity contribution in [1.82, 2.24) is 5.32 Å². The molecule has 3 rings (SSSR count). The predicted molar refractivity (Wildman–Crippen MR) is 118 cm³/mol. The van der Waals surface area contributed by atoms with Crippen LogP contribution in [0.2, 0.25) is 5.02 Å². The van der Waals surface area contributed by atoms with Gasteiger partial charge in [-0.3, -0.25) is 9.52 Å². The fourth-order valence-corrected chi connectivity index (χ4v) is 4.32. The molecule has 6 nitrogen and oxygen atoms in total. The summed E-state index contributed by atoms with van der Waals surface area (Å²) >= 11 is 6.05. The first-order valence-corrected chi connectivity index (χ1v) is 11.0. The molecule has 3 aromatic carbocycles. The summed E-state index contributed by atoms with van der Waals surface area (Å²) in [6, 6.07) is 19.8. The van der Waals surface area contributed by atoms with Crippen LogP contribution in [0.1, 0.15) is 28.9 Å². The number of carbonyl (C=O) groups is 1. The van der Waals surface area contributed by atoms with Gasteiger partial charge in [0.15, 0.2) is 0 Å². The zero-order valence-corrected chi connectivity index (χ0v) is 18.0. The smallest absolute Gasteiger partial charge is 0.261 e. The lowest BCUT2D eigenvalue weighted by Gasteiger charge is -2.17. The molecule has 0 saturated carbocycles. The van der Waals surface area contributed by atoms with Gasteiger partial charge in [-0.05, 0) is 42.8 Å². The second-order valence-electron chi connectivity index (χ2n) is 6.55. The lowest BCUT2D eigenvalue weighted by molar-refractivity contribution is 0.0941. The number of benzene rings is 3. The van der Waals surface area contributed by atoms with E-state index in [1.165, 1.54) is 31.4 Å². The number of halogens is 1. The minimum absolute atomic E-state index is 0.0406. The van der Waals surface area contributed by atoms with Gasteiger partial charge in [-0.2, -0.15) is 0 Å². The second kappa shape index (κ2) is 9.19. The number of nitrogens with one attached hydrogen (secondary N) is 2. The normalized spacial score (nSPS) is 12.1. The van der Waals surface area contributed by atoms with Crippen molar-refractivity contribution >= 4 is 33.2 Å². The van der Waals surface area contributed by atoms with E-state index in [1.54, 1.807) is 18.2 Å². The molecule has 0 unspecified atom stereocenters. The third-order valence-electron chi connectivity index (χ3n) is 4.50. The Kier molecular flexibility index (Phi) is 6.64. The highest BCUT2D eigenvalue weighted by atomic mass is 35.5. The minimum atomic E-state index is -3.97. The van der Waals surface area contributed by atoms with E-state index < -0.39 is 15.9 Å². The first-order valence-electron chi connectivity index (χ1n) is 9.13. The van der Waals surface area contributed by atoms with Gasteiger partial charge in [0.05, 0.1) is 34.3 Å². The van der Waals surface area contributed by atoms with Crippen LogP contribution in [0.5, 0.6) is 5.75 Å². The van der Waals surface area contributed by atoms with Crippen LogP contribution in [0.25, 0.3) is 0 Å². The van der Waals surface area contributed by atoms with Crippen molar-refractivity contribution in [2.24, 2.45) is 0 Å². The molecule has 0 spiro atoms. The van der Waals surface area contributed by atoms with Gasteiger partial charge in [-0.15, -0.1) is 0 Å². The Morgan fingerprint density at radius 2 is 1.67 bits per heavy atom. The largest absolute Gasteiger partial charge is 0.495 e. The number of ether oxygens (including phenoxy) is 1. The summed E-state index contributed by atoms with van der Waals surface area (Å²) in [7, 11) is -2.52. The van der Waals surface area contributed by atoms with E-state index in [-0.39, 0.29) is 27.2 Å². The maximum atomic E-state index is 12.8. The zero-order valence-electron chi connectivity index (χ0n) is 16.4. The van der Waals surface area contributed by atoms with Crippen molar-refractivity contribution in [3.05, 3.63) is 88.9 Å². The average molecular weight is 445 g/mol. The van der Waals surface area contributed by atoms with Crippen LogP contribution in [0.4, 0.5) is 5.69 Å². The van der Waals surface area contributed by atoms with E-state index in [0.29, 0.717) is 5.75 Å². The molecule has 8 heteroatoms. The van der Waals surface area contributed by atoms with Gasteiger partial charge in [0.25, 0.3) is 15.9 Å². The van der Waals surface area contributed by atoms with Crippen LogP contribution >= 0.6 is 11.6 Å². The molecule has 1 atom stereocenters. The molecule has 0 aliphatic heterocycles. The highest BCUT2D eigenvalue weighted by Crippen LogP contribution is 2.28. The average Bonchev–Trinajstić information content (AvgIpc) is 2.74. The van der Waals surface area contributed by atoms with Gasteiger partial charge in [-0.1, -0.05) is 54.1 Å². The second-order valence-corrected chi connectivity index (χ2v) is 8.64. The Morgan fingerprint density at radius 3 is 2.33 bits per heavy atom. The number of hydrogen-bond acceptors (Lipinski definition) is 4. The van der Waals surface area contributed by atoms with Crippen LogP contribution in [-0.2, 0) is 10.0 Å². The summed E-state index contributed by atoms with van der Waals surface area (Å²) < 4.78 is 33.2. The summed E-state index contributed by atoms with van der Waals surface area (Å²) in [5, 5.41) is 3.06. The van der Waals surface area contributed by atoms with E-state index in [4.69, 9.17) is 16.3 Å². The molecule has 0 aliphatic rings. The van der Waals surface area contributed by atoms with E-state index in [9.17, 15) is 13.2 Å². The first kappa shape index (κ1) is 21.7. The van der Waals surface area contributed by atoms with E-state index in [1.807, 2.05) is 37.3 Å². The standard InChI is InChI=1S/C22H21ClN2O4S/c1-15(16-8-4-3-5-9-16)24-22(26)18-10-6-7-11-20(18)25-30(27,28)17-12-13-21(29-2)19(23)14-17/h3-15,25H,1-2H3,(H,24,26)/t15-/m0/s1. The fraction of sp³-hybridized carbons (Fsp3) is 0.136. The van der Waals surface area contributed by atoms with Crippen molar-refractivity contribution in [1.29, 1.82) is 0 Å². The van der Waals surface area contributed by atoms with Gasteiger partial charge >= 0.3 is 0 Å². The predicted octanol–water partition coefficient (Wildman–Crippen LogP) is 4.64. The van der Waals surface area contributed by atoms with Crippen LogP contribution < -0.4 is 14.8 Å². The maximum absolute atomic E-state index is 12.8. The highest BCUT2D eigenvalue weighted by Gasteiger charge is 2.20. The molecule has 0 saturated heterocycles. The minimum Gasteiger partial charge on any atom is -0.495 e. The van der Waals surface area contributed by atoms with Crippen molar-refractivity contribution in [2.45, 2.75) is 17.9 Å². The molecule has 0 aromatic heterocycles. The fourth-order valence-electron chi connectivity index (χ4n) is 2.89. The van der Waals surface area contributed by atoms with E-state index in [2.05, 4.69) is 10.0 Å². The SMILES string of the molecule is COc1ccc(S(=O)(=O)Nc2ccccc2C(=O)N[C@@H](C)c2ccccc2)cc1Cl. The number of para-hydroxylation sites is 1. The van der Waals surface area contributed by atoms with Gasteiger partial charge < -0.3 is 10.1 Å². The van der Waals surface area contributed by atoms with Gasteiger partial charge in [0.2, 0.25) is 0 Å². The number of rotatable bonds is 7. The molecule has 30 heavy (non-hydrogen) atoms. The Hall–Kier alpha value is -3.03. The maximum Gasteiger partial charge on any atom is 0.261 e. The molecule has 3 aromatic rings. The van der Waals surface area contributed by atoms with Crippen molar-refractivity contribution in [2.75, 3.05) is 11.8 Å². The Balaban J connectivity index is 1.84. The topological polar surface area (TPSA) is 84.5 Å². The Labute approximate surface area is 180 Å². The number of anilines is 1. The van der Waals surface area contributed by atoms with Gasteiger partial charge in [0, 0.05) is 0 Å².